The number of piperidine rings is 1. The molecular weight excluding hydrogens is 463 g/mol. The van der Waals surface area contributed by atoms with E-state index in [9.17, 15) is 0 Å². The van der Waals surface area contributed by atoms with Gasteiger partial charge in [-0.05, 0) is 57.7 Å². The monoisotopic (exact) mass is 502 g/mol. The van der Waals surface area contributed by atoms with Crippen molar-refractivity contribution >= 4 is 29.9 Å². The van der Waals surface area contributed by atoms with Crippen LogP contribution in [0.5, 0.6) is 0 Å². The van der Waals surface area contributed by atoms with E-state index in [1.54, 1.807) is 0 Å². The van der Waals surface area contributed by atoms with Gasteiger partial charge in [0.05, 0.1) is 19.3 Å². The summed E-state index contributed by atoms with van der Waals surface area (Å²) < 4.78 is 5.71. The van der Waals surface area contributed by atoms with Crippen molar-refractivity contribution in [3.05, 3.63) is 35.4 Å². The summed E-state index contributed by atoms with van der Waals surface area (Å²) in [5.74, 6) is 0.926. The average molecular weight is 502 g/mol. The zero-order valence-electron chi connectivity index (χ0n) is 18.0. The van der Waals surface area contributed by atoms with Crippen LogP contribution in [0, 0.1) is 0 Å². The molecule has 6 heteroatoms. The van der Waals surface area contributed by atoms with Crippen LogP contribution in [0.15, 0.2) is 29.3 Å². The SMILES string of the molecule is CCCN1CCC(NC(=NCc2cccc(COC(C)C)c2)NCC)CC1.I. The Kier molecular flexibility index (Phi) is 12.7. The number of hydrogen-bond acceptors (Lipinski definition) is 3. The van der Waals surface area contributed by atoms with Crippen LogP contribution in [0.2, 0.25) is 0 Å². The molecule has 1 aliphatic rings. The van der Waals surface area contributed by atoms with Gasteiger partial charge in [-0.3, -0.25) is 0 Å². The van der Waals surface area contributed by atoms with Crippen molar-refractivity contribution in [1.29, 1.82) is 0 Å². The Morgan fingerprint density at radius 3 is 2.57 bits per heavy atom. The summed E-state index contributed by atoms with van der Waals surface area (Å²) in [6.45, 7) is 14.3. The van der Waals surface area contributed by atoms with Gasteiger partial charge in [-0.25, -0.2) is 4.99 Å². The molecular formula is C22H39IN4O. The summed E-state index contributed by atoms with van der Waals surface area (Å²) in [5.41, 5.74) is 2.42. The van der Waals surface area contributed by atoms with Crippen LogP contribution in [0.25, 0.3) is 0 Å². The van der Waals surface area contributed by atoms with Crippen molar-refractivity contribution in [3.8, 4) is 0 Å². The first kappa shape index (κ1) is 25.2. The molecule has 2 N–H and O–H groups in total. The van der Waals surface area contributed by atoms with Gasteiger partial charge in [-0.2, -0.15) is 0 Å². The zero-order chi connectivity index (χ0) is 19.5. The van der Waals surface area contributed by atoms with E-state index in [-0.39, 0.29) is 30.1 Å². The Balaban J connectivity index is 0.00000392. The number of rotatable bonds is 9. The molecule has 160 valence electrons. The average Bonchev–Trinajstić information content (AvgIpc) is 2.67. The first-order valence-corrected chi connectivity index (χ1v) is 10.6. The van der Waals surface area contributed by atoms with Crippen molar-refractivity contribution < 1.29 is 4.74 Å². The number of nitrogens with zero attached hydrogens (tertiary/aromatic N) is 2. The molecule has 0 unspecified atom stereocenters. The molecule has 1 aromatic rings. The van der Waals surface area contributed by atoms with E-state index < -0.39 is 0 Å². The fourth-order valence-corrected chi connectivity index (χ4v) is 3.38. The van der Waals surface area contributed by atoms with Crippen molar-refractivity contribution in [3.63, 3.8) is 0 Å². The van der Waals surface area contributed by atoms with Crippen molar-refractivity contribution in [2.45, 2.75) is 72.3 Å². The highest BCUT2D eigenvalue weighted by Crippen LogP contribution is 2.11. The van der Waals surface area contributed by atoms with Gasteiger partial charge in [-0.15, -0.1) is 24.0 Å². The lowest BCUT2D eigenvalue weighted by Gasteiger charge is -2.32. The Hall–Kier alpha value is -0.860. The molecule has 1 aromatic carbocycles. The Morgan fingerprint density at radius 1 is 1.21 bits per heavy atom. The zero-order valence-corrected chi connectivity index (χ0v) is 20.4. The van der Waals surface area contributed by atoms with Gasteiger partial charge >= 0.3 is 0 Å². The molecule has 0 amide bonds. The second-order valence-corrected chi connectivity index (χ2v) is 7.64. The summed E-state index contributed by atoms with van der Waals surface area (Å²) in [7, 11) is 0. The van der Waals surface area contributed by atoms with Gasteiger partial charge < -0.3 is 20.3 Å². The maximum absolute atomic E-state index is 5.71. The topological polar surface area (TPSA) is 48.9 Å². The van der Waals surface area contributed by atoms with Gasteiger partial charge in [0.2, 0.25) is 0 Å². The Morgan fingerprint density at radius 2 is 1.93 bits per heavy atom. The van der Waals surface area contributed by atoms with Gasteiger partial charge in [-0.1, -0.05) is 31.2 Å². The Bertz CT molecular complexity index is 571. The van der Waals surface area contributed by atoms with E-state index >= 15 is 0 Å². The first-order chi connectivity index (χ1) is 13.1. The molecule has 0 atom stereocenters. The van der Waals surface area contributed by atoms with Crippen LogP contribution in [-0.2, 0) is 17.9 Å². The van der Waals surface area contributed by atoms with Crippen molar-refractivity contribution in [2.75, 3.05) is 26.2 Å². The second kappa shape index (κ2) is 14.2. The number of benzene rings is 1. The highest BCUT2D eigenvalue weighted by Gasteiger charge is 2.19. The van der Waals surface area contributed by atoms with Crippen LogP contribution in [-0.4, -0.2) is 49.2 Å². The van der Waals surface area contributed by atoms with E-state index in [0.717, 1.165) is 12.5 Å². The molecule has 1 saturated heterocycles. The maximum atomic E-state index is 5.71. The molecule has 0 spiro atoms. The summed E-state index contributed by atoms with van der Waals surface area (Å²) in [6, 6.07) is 9.05. The standard InChI is InChI=1S/C22H38N4O.HI/c1-5-12-26-13-10-21(11-14-26)25-22(23-6-2)24-16-19-8-7-9-20(15-19)17-27-18(3)4;/h7-9,15,18,21H,5-6,10-14,16-17H2,1-4H3,(H2,23,24,25);1H. The minimum Gasteiger partial charge on any atom is -0.374 e. The number of likely N-dealkylation sites (tertiary alicyclic amines) is 1. The number of guanidine groups is 1. The number of aliphatic imine (C=N–C) groups is 1. The molecule has 1 aliphatic heterocycles. The van der Waals surface area contributed by atoms with Crippen LogP contribution in [0.3, 0.4) is 0 Å². The fourth-order valence-electron chi connectivity index (χ4n) is 3.38. The fraction of sp³-hybridized carbons (Fsp3) is 0.682. The summed E-state index contributed by atoms with van der Waals surface area (Å²) in [5, 5.41) is 7.02. The van der Waals surface area contributed by atoms with Crippen LogP contribution < -0.4 is 10.6 Å². The first-order valence-electron chi connectivity index (χ1n) is 10.6. The van der Waals surface area contributed by atoms with Gasteiger partial charge in [0.1, 0.15) is 0 Å². The van der Waals surface area contributed by atoms with E-state index in [1.807, 2.05) is 0 Å². The third-order valence-electron chi connectivity index (χ3n) is 4.81. The molecule has 5 nitrogen and oxygen atoms in total. The molecule has 1 heterocycles. The number of halogens is 1. The normalized spacial score (nSPS) is 16.1. The van der Waals surface area contributed by atoms with Gasteiger partial charge in [0, 0.05) is 25.7 Å². The third kappa shape index (κ3) is 9.56. The van der Waals surface area contributed by atoms with Crippen LogP contribution in [0.4, 0.5) is 0 Å². The maximum Gasteiger partial charge on any atom is 0.191 e. The Labute approximate surface area is 188 Å². The van der Waals surface area contributed by atoms with Crippen LogP contribution >= 0.6 is 24.0 Å². The van der Waals surface area contributed by atoms with E-state index in [0.29, 0.717) is 19.2 Å². The molecule has 1 fully saturated rings. The lowest BCUT2D eigenvalue weighted by molar-refractivity contribution is 0.0657. The quantitative estimate of drug-likeness (QED) is 0.303. The van der Waals surface area contributed by atoms with Crippen LogP contribution in [0.1, 0.15) is 58.1 Å². The minimum absolute atomic E-state index is 0. The molecule has 0 bridgehead atoms. The summed E-state index contributed by atoms with van der Waals surface area (Å²) >= 11 is 0. The molecule has 28 heavy (non-hydrogen) atoms. The second-order valence-electron chi connectivity index (χ2n) is 7.64. The number of ether oxygens (including phenoxy) is 1. The highest BCUT2D eigenvalue weighted by atomic mass is 127. The van der Waals surface area contributed by atoms with Crippen molar-refractivity contribution in [1.82, 2.24) is 15.5 Å². The smallest absolute Gasteiger partial charge is 0.191 e. The lowest BCUT2D eigenvalue weighted by Crippen LogP contribution is -2.48. The lowest BCUT2D eigenvalue weighted by atomic mass is 10.1. The largest absolute Gasteiger partial charge is 0.374 e. The molecule has 0 aliphatic carbocycles. The third-order valence-corrected chi connectivity index (χ3v) is 4.81. The highest BCUT2D eigenvalue weighted by molar-refractivity contribution is 14.0. The summed E-state index contributed by atoms with van der Waals surface area (Å²) in [6.07, 6.45) is 3.86. The summed E-state index contributed by atoms with van der Waals surface area (Å²) in [4.78, 5) is 7.37. The van der Waals surface area contributed by atoms with Gasteiger partial charge in [0.15, 0.2) is 5.96 Å². The van der Waals surface area contributed by atoms with Gasteiger partial charge in [0.25, 0.3) is 0 Å². The van der Waals surface area contributed by atoms with Crippen molar-refractivity contribution in [2.24, 2.45) is 4.99 Å². The molecule has 0 aromatic heterocycles. The minimum atomic E-state index is 0. The number of nitrogens with one attached hydrogen (secondary N) is 2. The molecule has 0 radical (unpaired) electrons. The molecule has 0 saturated carbocycles. The predicted octanol–water partition coefficient (Wildman–Crippen LogP) is 4.16. The van der Waals surface area contributed by atoms with E-state index in [4.69, 9.17) is 9.73 Å². The molecule has 2 rings (SSSR count). The van der Waals surface area contributed by atoms with E-state index in [2.05, 4.69) is 67.5 Å². The number of hydrogen-bond donors (Lipinski definition) is 2. The predicted molar refractivity (Wildman–Crippen MR) is 129 cm³/mol. The van der Waals surface area contributed by atoms with E-state index in [1.165, 1.54) is 50.0 Å².